The van der Waals surface area contributed by atoms with Crippen LogP contribution in [0.5, 0.6) is 0 Å². The molecule has 2 N–H and O–H groups in total. The number of benzene rings is 1. The van der Waals surface area contributed by atoms with E-state index < -0.39 is 0 Å². The molecule has 5 heteroatoms. The summed E-state index contributed by atoms with van der Waals surface area (Å²) < 4.78 is 0. The summed E-state index contributed by atoms with van der Waals surface area (Å²) in [5.41, 5.74) is 0.714. The van der Waals surface area contributed by atoms with E-state index in [2.05, 4.69) is 24.1 Å². The Bertz CT molecular complexity index is 459. The van der Waals surface area contributed by atoms with Crippen LogP contribution in [0.4, 0.5) is 0 Å². The van der Waals surface area contributed by atoms with Crippen molar-refractivity contribution in [2.45, 2.75) is 19.9 Å². The average Bonchev–Trinajstić information content (AvgIpc) is 2.45. The van der Waals surface area contributed by atoms with E-state index in [1.165, 1.54) is 0 Å². The summed E-state index contributed by atoms with van der Waals surface area (Å²) in [6.45, 7) is 8.03. The topological polar surface area (TPSA) is 35.5 Å². The number of piperazine rings is 1. The van der Waals surface area contributed by atoms with Crippen LogP contribution in [0.25, 0.3) is 0 Å². The first-order valence-corrected chi connectivity index (χ1v) is 7.72. The molecule has 0 aromatic heterocycles. The lowest BCUT2D eigenvalue weighted by Crippen LogP contribution is -2.49. The molecule has 0 bridgehead atoms. The molecular weight excluding hydrogens is 295 g/mol. The molecule has 1 aromatic rings. The lowest BCUT2D eigenvalue weighted by atomic mass is 9.79. The van der Waals surface area contributed by atoms with Crippen LogP contribution in [-0.2, 0) is 0 Å². The van der Waals surface area contributed by atoms with E-state index in [4.69, 9.17) is 23.2 Å². The van der Waals surface area contributed by atoms with Gasteiger partial charge in [-0.3, -0.25) is 4.90 Å². The zero-order valence-electron chi connectivity index (χ0n) is 12.0. The number of hydrogen-bond acceptors (Lipinski definition) is 3. The van der Waals surface area contributed by atoms with E-state index >= 15 is 0 Å². The van der Waals surface area contributed by atoms with Crippen molar-refractivity contribution >= 4 is 23.2 Å². The first kappa shape index (κ1) is 16.1. The number of aliphatic hydroxyl groups is 1. The van der Waals surface area contributed by atoms with Crippen molar-refractivity contribution in [3.8, 4) is 0 Å². The third kappa shape index (κ3) is 3.29. The van der Waals surface area contributed by atoms with Gasteiger partial charge in [0.25, 0.3) is 0 Å². The van der Waals surface area contributed by atoms with Gasteiger partial charge in [0.2, 0.25) is 0 Å². The number of hydrogen-bond donors (Lipinski definition) is 2. The SMILES string of the molecule is CC(C)(CO)[C@@H](c1cccc(Cl)c1Cl)N1CCNCC1. The number of rotatable bonds is 4. The van der Waals surface area contributed by atoms with Gasteiger partial charge in [-0.1, -0.05) is 49.2 Å². The molecule has 1 fully saturated rings. The molecule has 0 spiro atoms. The third-order valence-corrected chi connectivity index (χ3v) is 4.77. The Balaban J connectivity index is 2.42. The van der Waals surface area contributed by atoms with Gasteiger partial charge in [0.1, 0.15) is 0 Å². The average molecular weight is 317 g/mol. The number of halogens is 2. The highest BCUT2D eigenvalue weighted by atomic mass is 35.5. The van der Waals surface area contributed by atoms with E-state index in [0.717, 1.165) is 31.7 Å². The maximum Gasteiger partial charge on any atom is 0.0640 e. The Labute approximate surface area is 130 Å². The second kappa shape index (κ2) is 6.63. The molecule has 0 unspecified atom stereocenters. The van der Waals surface area contributed by atoms with Crippen molar-refractivity contribution in [3.63, 3.8) is 0 Å². The quantitative estimate of drug-likeness (QED) is 0.896. The van der Waals surface area contributed by atoms with E-state index in [0.29, 0.717) is 10.0 Å². The summed E-state index contributed by atoms with van der Waals surface area (Å²) in [5, 5.41) is 14.3. The molecule has 0 amide bonds. The fourth-order valence-electron chi connectivity index (χ4n) is 2.87. The van der Waals surface area contributed by atoms with Gasteiger partial charge in [0.05, 0.1) is 10.0 Å². The minimum absolute atomic E-state index is 0.0563. The molecule has 0 aliphatic carbocycles. The summed E-state index contributed by atoms with van der Waals surface area (Å²) in [6.07, 6.45) is 0. The highest BCUT2D eigenvalue weighted by Crippen LogP contribution is 2.42. The van der Waals surface area contributed by atoms with Gasteiger partial charge in [0, 0.05) is 44.2 Å². The zero-order chi connectivity index (χ0) is 14.8. The summed E-state index contributed by atoms with van der Waals surface area (Å²) >= 11 is 12.6. The van der Waals surface area contributed by atoms with E-state index in [9.17, 15) is 5.11 Å². The van der Waals surface area contributed by atoms with Crippen molar-refractivity contribution in [1.82, 2.24) is 10.2 Å². The van der Waals surface area contributed by atoms with Crippen LogP contribution in [0.1, 0.15) is 25.5 Å². The maximum atomic E-state index is 9.80. The van der Waals surface area contributed by atoms with Gasteiger partial charge >= 0.3 is 0 Å². The number of nitrogens with one attached hydrogen (secondary N) is 1. The monoisotopic (exact) mass is 316 g/mol. The lowest BCUT2D eigenvalue weighted by molar-refractivity contribution is 0.0306. The van der Waals surface area contributed by atoms with E-state index in [-0.39, 0.29) is 18.1 Å². The van der Waals surface area contributed by atoms with Gasteiger partial charge in [-0.15, -0.1) is 0 Å². The predicted octanol–water partition coefficient (Wildman–Crippen LogP) is 2.96. The Morgan fingerprint density at radius 1 is 1.30 bits per heavy atom. The van der Waals surface area contributed by atoms with Crippen molar-refractivity contribution in [1.29, 1.82) is 0 Å². The largest absolute Gasteiger partial charge is 0.396 e. The van der Waals surface area contributed by atoms with E-state index in [1.807, 2.05) is 12.1 Å². The smallest absolute Gasteiger partial charge is 0.0640 e. The van der Waals surface area contributed by atoms with Gasteiger partial charge in [-0.2, -0.15) is 0 Å². The normalized spacial score (nSPS) is 19.1. The van der Waals surface area contributed by atoms with Crippen LogP contribution in [-0.4, -0.2) is 42.8 Å². The van der Waals surface area contributed by atoms with E-state index in [1.54, 1.807) is 6.07 Å². The fraction of sp³-hybridized carbons (Fsp3) is 0.600. The Morgan fingerprint density at radius 2 is 1.95 bits per heavy atom. The zero-order valence-corrected chi connectivity index (χ0v) is 13.5. The molecule has 1 heterocycles. The standard InChI is InChI=1S/C15H22Cl2N2O/c1-15(2,10-20)14(19-8-6-18-7-9-19)11-4-3-5-12(16)13(11)17/h3-5,14,18,20H,6-10H2,1-2H3/t14-/m1/s1. The third-order valence-electron chi connectivity index (χ3n) is 3.94. The molecule has 0 saturated carbocycles. The van der Waals surface area contributed by atoms with Gasteiger partial charge < -0.3 is 10.4 Å². The minimum atomic E-state index is -0.286. The molecule has 20 heavy (non-hydrogen) atoms. The number of aliphatic hydroxyl groups excluding tert-OH is 1. The highest BCUT2D eigenvalue weighted by Gasteiger charge is 2.37. The fourth-order valence-corrected chi connectivity index (χ4v) is 3.28. The second-order valence-corrected chi connectivity index (χ2v) is 6.76. The molecule has 1 aliphatic rings. The molecule has 1 saturated heterocycles. The van der Waals surface area contributed by atoms with Crippen LogP contribution in [0, 0.1) is 5.41 Å². The van der Waals surface area contributed by atoms with Gasteiger partial charge in [-0.05, 0) is 11.6 Å². The Hall–Kier alpha value is -0.320. The molecule has 3 nitrogen and oxygen atoms in total. The molecule has 1 atom stereocenters. The minimum Gasteiger partial charge on any atom is -0.396 e. The first-order valence-electron chi connectivity index (χ1n) is 6.97. The molecule has 1 aliphatic heterocycles. The van der Waals surface area contributed by atoms with Crippen molar-refractivity contribution < 1.29 is 5.11 Å². The number of nitrogens with zero attached hydrogens (tertiary/aromatic N) is 1. The summed E-state index contributed by atoms with van der Waals surface area (Å²) in [7, 11) is 0. The molecule has 0 radical (unpaired) electrons. The lowest BCUT2D eigenvalue weighted by Gasteiger charge is -2.43. The molecule has 1 aromatic carbocycles. The van der Waals surface area contributed by atoms with Crippen LogP contribution in [0.3, 0.4) is 0 Å². The second-order valence-electron chi connectivity index (χ2n) is 5.98. The first-order chi connectivity index (χ1) is 9.47. The van der Waals surface area contributed by atoms with Crippen LogP contribution >= 0.6 is 23.2 Å². The summed E-state index contributed by atoms with van der Waals surface area (Å²) in [5.74, 6) is 0. The van der Waals surface area contributed by atoms with Crippen LogP contribution in [0.15, 0.2) is 18.2 Å². The van der Waals surface area contributed by atoms with Crippen molar-refractivity contribution in [2.24, 2.45) is 5.41 Å². The van der Waals surface area contributed by atoms with Crippen molar-refractivity contribution in [3.05, 3.63) is 33.8 Å². The summed E-state index contributed by atoms with van der Waals surface area (Å²) in [6, 6.07) is 5.79. The summed E-state index contributed by atoms with van der Waals surface area (Å²) in [4.78, 5) is 2.38. The maximum absolute atomic E-state index is 9.80. The molecule has 2 rings (SSSR count). The molecule has 112 valence electrons. The van der Waals surface area contributed by atoms with Crippen LogP contribution < -0.4 is 5.32 Å². The Kier molecular flexibility index (Phi) is 5.32. The highest BCUT2D eigenvalue weighted by molar-refractivity contribution is 6.42. The van der Waals surface area contributed by atoms with Crippen LogP contribution in [0.2, 0.25) is 10.0 Å². The van der Waals surface area contributed by atoms with Gasteiger partial charge in [-0.25, -0.2) is 0 Å². The van der Waals surface area contributed by atoms with Gasteiger partial charge in [0.15, 0.2) is 0 Å². The molecular formula is C15H22Cl2N2O. The predicted molar refractivity (Wildman–Crippen MR) is 84.5 cm³/mol. The van der Waals surface area contributed by atoms with Crippen molar-refractivity contribution in [2.75, 3.05) is 32.8 Å². The Morgan fingerprint density at radius 3 is 2.55 bits per heavy atom.